The van der Waals surface area contributed by atoms with Crippen LogP contribution in [0.4, 0.5) is 19.0 Å². The van der Waals surface area contributed by atoms with E-state index in [-0.39, 0.29) is 5.82 Å². The number of anilines is 1. The largest absolute Gasteiger partial charge is 0.416 e. The number of hydrogen-bond donors (Lipinski definition) is 0. The summed E-state index contributed by atoms with van der Waals surface area (Å²) in [7, 11) is 2.88. The Hall–Kier alpha value is -2.62. The predicted molar refractivity (Wildman–Crippen MR) is 93.7 cm³/mol. The molecule has 0 atom stereocenters. The molecule has 0 N–H and O–H groups in total. The van der Waals surface area contributed by atoms with Gasteiger partial charge in [0.05, 0.1) is 5.56 Å². The third-order valence-electron chi connectivity index (χ3n) is 4.64. The number of nitrogens with zero attached hydrogens (tertiary/aromatic N) is 5. The summed E-state index contributed by atoms with van der Waals surface area (Å²) < 4.78 is 40.6. The summed E-state index contributed by atoms with van der Waals surface area (Å²) in [6, 6.07) is 5.30. The van der Waals surface area contributed by atoms with E-state index >= 15 is 0 Å². The Balaban J connectivity index is 1.68. The fourth-order valence-electron chi connectivity index (χ4n) is 3.10. The molecule has 146 valence electrons. The molecule has 1 fully saturated rings. The Morgan fingerprint density at radius 1 is 1.07 bits per heavy atom. The van der Waals surface area contributed by atoms with Gasteiger partial charge in [-0.25, -0.2) is 9.48 Å². The van der Waals surface area contributed by atoms with Crippen molar-refractivity contribution in [1.82, 2.24) is 19.2 Å². The maximum atomic E-state index is 12.8. The maximum absolute atomic E-state index is 12.8. The highest BCUT2D eigenvalue weighted by molar-refractivity contribution is 5.35. The predicted octanol–water partition coefficient (Wildman–Crippen LogP) is 0.820. The van der Waals surface area contributed by atoms with E-state index in [2.05, 4.69) is 5.10 Å². The van der Waals surface area contributed by atoms with Crippen LogP contribution in [0.1, 0.15) is 11.1 Å². The van der Waals surface area contributed by atoms with Crippen LogP contribution < -0.4 is 16.1 Å². The first-order valence-electron chi connectivity index (χ1n) is 8.44. The Kier molecular flexibility index (Phi) is 5.09. The lowest BCUT2D eigenvalue weighted by atomic mass is 10.1. The van der Waals surface area contributed by atoms with Crippen molar-refractivity contribution in [2.45, 2.75) is 12.7 Å². The molecule has 7 nitrogen and oxygen atoms in total. The van der Waals surface area contributed by atoms with Crippen molar-refractivity contribution in [1.29, 1.82) is 0 Å². The van der Waals surface area contributed by atoms with Crippen molar-refractivity contribution < 1.29 is 13.2 Å². The molecule has 1 saturated heterocycles. The monoisotopic (exact) mass is 383 g/mol. The van der Waals surface area contributed by atoms with Gasteiger partial charge in [0.15, 0.2) is 0 Å². The summed E-state index contributed by atoms with van der Waals surface area (Å²) in [5, 5.41) is 4.06. The molecule has 3 rings (SSSR count). The lowest BCUT2D eigenvalue weighted by Gasteiger charge is -2.35. The average Bonchev–Trinajstić information content (AvgIpc) is 2.63. The number of benzene rings is 1. The van der Waals surface area contributed by atoms with Crippen LogP contribution in [-0.4, -0.2) is 45.4 Å². The zero-order valence-corrected chi connectivity index (χ0v) is 15.0. The Bertz CT molecular complexity index is 943. The van der Waals surface area contributed by atoms with Gasteiger partial charge in [0.25, 0.3) is 5.56 Å². The Morgan fingerprint density at radius 2 is 1.74 bits per heavy atom. The number of aromatic nitrogens is 3. The summed E-state index contributed by atoms with van der Waals surface area (Å²) >= 11 is 0. The lowest BCUT2D eigenvalue weighted by Crippen LogP contribution is -2.50. The summed E-state index contributed by atoms with van der Waals surface area (Å²) in [6.07, 6.45) is -4.36. The van der Waals surface area contributed by atoms with Gasteiger partial charge in [0.2, 0.25) is 5.82 Å². The van der Waals surface area contributed by atoms with E-state index in [1.54, 1.807) is 11.0 Å². The molecule has 0 spiro atoms. The van der Waals surface area contributed by atoms with E-state index in [1.165, 1.54) is 20.2 Å². The highest BCUT2D eigenvalue weighted by Gasteiger charge is 2.30. The molecule has 1 aromatic heterocycles. The zero-order valence-electron chi connectivity index (χ0n) is 15.0. The third kappa shape index (κ3) is 4.05. The van der Waals surface area contributed by atoms with Gasteiger partial charge in [-0.05, 0) is 11.6 Å². The molecule has 10 heteroatoms. The molecule has 0 saturated carbocycles. The average molecular weight is 383 g/mol. The van der Waals surface area contributed by atoms with E-state index in [4.69, 9.17) is 0 Å². The molecule has 0 amide bonds. The van der Waals surface area contributed by atoms with Crippen LogP contribution in [0, 0.1) is 0 Å². The molecule has 1 aliphatic rings. The van der Waals surface area contributed by atoms with E-state index in [0.717, 1.165) is 21.4 Å². The number of hydrogen-bond acceptors (Lipinski definition) is 5. The van der Waals surface area contributed by atoms with Gasteiger partial charge in [-0.1, -0.05) is 18.2 Å². The van der Waals surface area contributed by atoms with Gasteiger partial charge < -0.3 is 4.90 Å². The van der Waals surface area contributed by atoms with Crippen LogP contribution in [-0.2, 0) is 26.8 Å². The fraction of sp³-hybridized carbons (Fsp3) is 0.471. The summed E-state index contributed by atoms with van der Waals surface area (Å²) in [4.78, 5) is 27.8. The fourth-order valence-corrected chi connectivity index (χ4v) is 3.10. The molecule has 1 aromatic carbocycles. The highest BCUT2D eigenvalue weighted by Crippen LogP contribution is 2.29. The molecular formula is C17H20F3N5O2. The van der Waals surface area contributed by atoms with Crippen LogP contribution in [0.25, 0.3) is 0 Å². The zero-order chi connectivity index (χ0) is 19.8. The topological polar surface area (TPSA) is 63.4 Å². The molecule has 1 aliphatic heterocycles. The minimum Gasteiger partial charge on any atom is -0.348 e. The SMILES string of the molecule is Cn1nc(N2CCN(Cc3cccc(C(F)(F)F)c3)CC2)c(=O)n(C)c1=O. The van der Waals surface area contributed by atoms with Crippen LogP contribution in [0.3, 0.4) is 0 Å². The number of aryl methyl sites for hydroxylation is 1. The minimum absolute atomic E-state index is 0.207. The Morgan fingerprint density at radius 3 is 2.37 bits per heavy atom. The smallest absolute Gasteiger partial charge is 0.348 e. The number of alkyl halides is 3. The van der Waals surface area contributed by atoms with E-state index in [1.807, 2.05) is 4.90 Å². The maximum Gasteiger partial charge on any atom is 0.416 e. The molecule has 0 bridgehead atoms. The minimum atomic E-state index is -4.36. The second kappa shape index (κ2) is 7.18. The standard InChI is InChI=1S/C17H20F3N5O2/c1-22-15(26)14(21-23(2)16(22)27)25-8-6-24(7-9-25)11-12-4-3-5-13(10-12)17(18,19)20/h3-5,10H,6-9,11H2,1-2H3. The van der Waals surface area contributed by atoms with Crippen molar-refractivity contribution in [3.05, 3.63) is 56.2 Å². The normalized spacial score (nSPS) is 16.0. The van der Waals surface area contributed by atoms with Gasteiger partial charge in [-0.3, -0.25) is 14.3 Å². The molecule has 0 radical (unpaired) electrons. The van der Waals surface area contributed by atoms with E-state index < -0.39 is 23.0 Å². The van der Waals surface area contributed by atoms with Gasteiger partial charge in [0, 0.05) is 46.8 Å². The van der Waals surface area contributed by atoms with Crippen molar-refractivity contribution in [3.63, 3.8) is 0 Å². The lowest BCUT2D eigenvalue weighted by molar-refractivity contribution is -0.137. The number of piperazine rings is 1. The molecule has 27 heavy (non-hydrogen) atoms. The van der Waals surface area contributed by atoms with Gasteiger partial charge >= 0.3 is 11.9 Å². The van der Waals surface area contributed by atoms with Gasteiger partial charge in [-0.15, -0.1) is 5.10 Å². The van der Waals surface area contributed by atoms with Crippen LogP contribution in [0.2, 0.25) is 0 Å². The van der Waals surface area contributed by atoms with Crippen molar-refractivity contribution >= 4 is 5.82 Å². The second-order valence-electron chi connectivity index (χ2n) is 6.56. The summed E-state index contributed by atoms with van der Waals surface area (Å²) in [5.74, 6) is 0.207. The van der Waals surface area contributed by atoms with Crippen LogP contribution >= 0.6 is 0 Å². The first-order chi connectivity index (χ1) is 12.7. The van der Waals surface area contributed by atoms with Crippen LogP contribution in [0.15, 0.2) is 33.9 Å². The van der Waals surface area contributed by atoms with Crippen LogP contribution in [0.5, 0.6) is 0 Å². The molecule has 2 heterocycles. The van der Waals surface area contributed by atoms with Crippen molar-refractivity contribution in [3.8, 4) is 0 Å². The third-order valence-corrected chi connectivity index (χ3v) is 4.64. The number of halogens is 3. The quantitative estimate of drug-likeness (QED) is 0.785. The second-order valence-corrected chi connectivity index (χ2v) is 6.56. The summed E-state index contributed by atoms with van der Waals surface area (Å²) in [5.41, 5.74) is -1.01. The Labute approximate surface area is 153 Å². The van der Waals surface area contributed by atoms with Gasteiger partial charge in [-0.2, -0.15) is 13.2 Å². The molecule has 0 unspecified atom stereocenters. The first kappa shape index (κ1) is 19.2. The van der Waals surface area contributed by atoms with Crippen molar-refractivity contribution in [2.24, 2.45) is 14.1 Å². The van der Waals surface area contributed by atoms with Gasteiger partial charge in [0.1, 0.15) is 0 Å². The van der Waals surface area contributed by atoms with Crippen molar-refractivity contribution in [2.75, 3.05) is 31.1 Å². The summed E-state index contributed by atoms with van der Waals surface area (Å²) in [6.45, 7) is 2.54. The first-order valence-corrected chi connectivity index (χ1v) is 8.44. The molecule has 0 aliphatic carbocycles. The van der Waals surface area contributed by atoms with E-state index in [9.17, 15) is 22.8 Å². The molecular weight excluding hydrogens is 363 g/mol. The highest BCUT2D eigenvalue weighted by atomic mass is 19.4. The van der Waals surface area contributed by atoms with E-state index in [0.29, 0.717) is 38.3 Å². The molecule has 2 aromatic rings. The number of rotatable bonds is 3.